The average molecular weight is 248 g/mol. The zero-order valence-corrected chi connectivity index (χ0v) is 9.98. The predicted octanol–water partition coefficient (Wildman–Crippen LogP) is 2.22. The first-order chi connectivity index (χ1) is 8.31. The van der Waals surface area contributed by atoms with E-state index in [4.69, 9.17) is 10.3 Å². The summed E-state index contributed by atoms with van der Waals surface area (Å²) in [5.74, 6) is 2.70. The predicted molar refractivity (Wildman–Crippen MR) is 64.5 cm³/mol. The minimum Gasteiger partial charge on any atom is -0.397 e. The molecule has 6 heteroatoms. The molecule has 0 atom stereocenters. The van der Waals surface area contributed by atoms with Gasteiger partial charge < -0.3 is 10.3 Å². The van der Waals surface area contributed by atoms with Crippen LogP contribution in [-0.4, -0.2) is 15.1 Å². The summed E-state index contributed by atoms with van der Waals surface area (Å²) in [7, 11) is 0. The van der Waals surface area contributed by atoms with Crippen molar-refractivity contribution in [3.05, 3.63) is 30.0 Å². The van der Waals surface area contributed by atoms with Crippen molar-refractivity contribution in [2.24, 2.45) is 0 Å². The van der Waals surface area contributed by atoms with Gasteiger partial charge in [0.25, 0.3) is 0 Å². The molecule has 1 aliphatic rings. The molecule has 1 saturated carbocycles. The van der Waals surface area contributed by atoms with Crippen LogP contribution in [0.3, 0.4) is 0 Å². The fourth-order valence-corrected chi connectivity index (χ4v) is 2.13. The molecule has 0 aromatic carbocycles. The smallest absolute Gasteiger partial charge is 0.237 e. The van der Waals surface area contributed by atoms with Crippen LogP contribution in [0.1, 0.15) is 30.5 Å². The molecule has 5 nitrogen and oxygen atoms in total. The van der Waals surface area contributed by atoms with Gasteiger partial charge in [-0.2, -0.15) is 4.98 Å². The van der Waals surface area contributed by atoms with E-state index >= 15 is 0 Å². The summed E-state index contributed by atoms with van der Waals surface area (Å²) in [6, 6.07) is 3.72. The Balaban J connectivity index is 1.60. The second-order valence-corrected chi connectivity index (χ2v) is 5.03. The highest BCUT2D eigenvalue weighted by Crippen LogP contribution is 2.38. The maximum absolute atomic E-state index is 5.56. The third-order valence-electron chi connectivity index (χ3n) is 2.53. The quantitative estimate of drug-likeness (QED) is 0.836. The molecule has 2 aromatic heterocycles. The summed E-state index contributed by atoms with van der Waals surface area (Å²) in [5, 5.41) is 4.87. The molecule has 2 aromatic rings. The lowest BCUT2D eigenvalue weighted by atomic mass is 10.4. The van der Waals surface area contributed by atoms with E-state index < -0.39 is 0 Å². The molecule has 0 amide bonds. The van der Waals surface area contributed by atoms with Crippen LogP contribution in [0.15, 0.2) is 27.9 Å². The SMILES string of the molecule is Nc1ccc(SCc2nc(C3CC3)no2)nc1. The van der Waals surface area contributed by atoms with Gasteiger partial charge in [-0.3, -0.25) is 0 Å². The summed E-state index contributed by atoms with van der Waals surface area (Å²) in [6.07, 6.45) is 4.02. The van der Waals surface area contributed by atoms with Crippen LogP contribution in [0.2, 0.25) is 0 Å². The van der Waals surface area contributed by atoms with Crippen molar-refractivity contribution < 1.29 is 4.52 Å². The fraction of sp³-hybridized carbons (Fsp3) is 0.364. The molecule has 88 valence electrons. The van der Waals surface area contributed by atoms with Gasteiger partial charge in [0.1, 0.15) is 0 Å². The fourth-order valence-electron chi connectivity index (χ4n) is 1.45. The van der Waals surface area contributed by atoms with Gasteiger partial charge in [0.15, 0.2) is 5.82 Å². The van der Waals surface area contributed by atoms with Crippen molar-refractivity contribution in [1.82, 2.24) is 15.1 Å². The minimum atomic E-state index is 0.534. The monoisotopic (exact) mass is 248 g/mol. The molecule has 0 aliphatic heterocycles. The maximum atomic E-state index is 5.56. The Morgan fingerprint density at radius 1 is 1.41 bits per heavy atom. The lowest BCUT2D eigenvalue weighted by molar-refractivity contribution is 0.385. The van der Waals surface area contributed by atoms with Crippen LogP contribution in [0.25, 0.3) is 0 Å². The lowest BCUT2D eigenvalue weighted by Crippen LogP contribution is -1.88. The molecule has 1 fully saturated rings. The largest absolute Gasteiger partial charge is 0.397 e. The molecule has 2 heterocycles. The highest BCUT2D eigenvalue weighted by molar-refractivity contribution is 7.98. The Labute approximate surface area is 103 Å². The maximum Gasteiger partial charge on any atom is 0.237 e. The van der Waals surface area contributed by atoms with Crippen LogP contribution in [0.5, 0.6) is 0 Å². The lowest BCUT2D eigenvalue weighted by Gasteiger charge is -1.97. The number of rotatable bonds is 4. The van der Waals surface area contributed by atoms with Gasteiger partial charge in [-0.1, -0.05) is 16.9 Å². The summed E-state index contributed by atoms with van der Waals surface area (Å²) in [6.45, 7) is 0. The molecular formula is C11H12N4OS. The number of hydrogen-bond donors (Lipinski definition) is 1. The molecule has 0 spiro atoms. The Bertz CT molecular complexity index is 506. The average Bonchev–Trinajstić information content (AvgIpc) is 3.09. The first-order valence-corrected chi connectivity index (χ1v) is 6.46. The normalized spacial score (nSPS) is 15.1. The van der Waals surface area contributed by atoms with E-state index in [0.717, 1.165) is 10.9 Å². The summed E-state index contributed by atoms with van der Waals surface area (Å²) >= 11 is 1.56. The highest BCUT2D eigenvalue weighted by Gasteiger charge is 2.28. The number of nitrogen functional groups attached to an aromatic ring is 1. The van der Waals surface area contributed by atoms with Crippen LogP contribution in [0.4, 0.5) is 5.69 Å². The molecule has 17 heavy (non-hydrogen) atoms. The second-order valence-electron chi connectivity index (χ2n) is 4.04. The summed E-state index contributed by atoms with van der Waals surface area (Å²) in [5.41, 5.74) is 6.23. The third kappa shape index (κ3) is 2.58. The number of anilines is 1. The van der Waals surface area contributed by atoms with Crippen molar-refractivity contribution >= 4 is 17.4 Å². The number of thioether (sulfide) groups is 1. The Morgan fingerprint density at radius 2 is 2.29 bits per heavy atom. The highest BCUT2D eigenvalue weighted by atomic mass is 32.2. The first-order valence-electron chi connectivity index (χ1n) is 5.48. The molecule has 1 aliphatic carbocycles. The Morgan fingerprint density at radius 3 is 3.00 bits per heavy atom. The van der Waals surface area contributed by atoms with E-state index in [1.807, 2.05) is 12.1 Å². The van der Waals surface area contributed by atoms with Crippen LogP contribution < -0.4 is 5.73 Å². The number of aromatic nitrogens is 3. The number of pyridine rings is 1. The standard InChI is InChI=1S/C11H12N4OS/c12-8-3-4-10(13-5-8)17-6-9-14-11(15-16-9)7-1-2-7/h3-5,7H,1-2,6,12H2. The molecule has 0 saturated heterocycles. The Hall–Kier alpha value is -1.56. The summed E-state index contributed by atoms with van der Waals surface area (Å²) < 4.78 is 5.18. The number of nitrogens with zero attached hydrogens (tertiary/aromatic N) is 3. The van der Waals surface area contributed by atoms with E-state index in [1.165, 1.54) is 12.8 Å². The van der Waals surface area contributed by atoms with E-state index in [0.29, 0.717) is 23.2 Å². The topological polar surface area (TPSA) is 77.8 Å². The van der Waals surface area contributed by atoms with Gasteiger partial charge in [-0.15, -0.1) is 0 Å². The van der Waals surface area contributed by atoms with E-state index in [1.54, 1.807) is 18.0 Å². The van der Waals surface area contributed by atoms with Crippen LogP contribution >= 0.6 is 11.8 Å². The third-order valence-corrected chi connectivity index (χ3v) is 3.46. The van der Waals surface area contributed by atoms with Crippen molar-refractivity contribution in [2.45, 2.75) is 29.5 Å². The molecule has 2 N–H and O–H groups in total. The molecule has 0 radical (unpaired) electrons. The molecule has 0 unspecified atom stereocenters. The first kappa shape index (κ1) is 10.6. The van der Waals surface area contributed by atoms with Crippen molar-refractivity contribution in [3.8, 4) is 0 Å². The zero-order valence-electron chi connectivity index (χ0n) is 9.17. The van der Waals surface area contributed by atoms with E-state index in [2.05, 4.69) is 15.1 Å². The molecule has 3 rings (SSSR count). The summed E-state index contributed by atoms with van der Waals surface area (Å²) in [4.78, 5) is 8.55. The van der Waals surface area contributed by atoms with Crippen molar-refractivity contribution in [1.29, 1.82) is 0 Å². The van der Waals surface area contributed by atoms with Gasteiger partial charge in [0.2, 0.25) is 5.89 Å². The molecule has 0 bridgehead atoms. The van der Waals surface area contributed by atoms with E-state index in [9.17, 15) is 0 Å². The van der Waals surface area contributed by atoms with Gasteiger partial charge in [-0.05, 0) is 25.0 Å². The molecular weight excluding hydrogens is 236 g/mol. The van der Waals surface area contributed by atoms with E-state index in [-0.39, 0.29) is 0 Å². The van der Waals surface area contributed by atoms with Gasteiger partial charge in [0, 0.05) is 5.92 Å². The van der Waals surface area contributed by atoms with Gasteiger partial charge in [-0.25, -0.2) is 4.98 Å². The number of hydrogen-bond acceptors (Lipinski definition) is 6. The van der Waals surface area contributed by atoms with Crippen LogP contribution in [-0.2, 0) is 5.75 Å². The minimum absolute atomic E-state index is 0.534. The Kier molecular flexibility index (Phi) is 2.72. The second kappa shape index (κ2) is 4.37. The zero-order chi connectivity index (χ0) is 11.7. The van der Waals surface area contributed by atoms with Gasteiger partial charge >= 0.3 is 0 Å². The van der Waals surface area contributed by atoms with Gasteiger partial charge in [0.05, 0.1) is 22.7 Å². The van der Waals surface area contributed by atoms with Crippen molar-refractivity contribution in [3.63, 3.8) is 0 Å². The number of nitrogens with two attached hydrogens (primary N) is 1. The van der Waals surface area contributed by atoms with Crippen molar-refractivity contribution in [2.75, 3.05) is 5.73 Å². The van der Waals surface area contributed by atoms with Crippen LogP contribution in [0, 0.1) is 0 Å².